The number of anilines is 1. The first-order valence-corrected chi connectivity index (χ1v) is 10.1. The van der Waals surface area contributed by atoms with E-state index in [1.54, 1.807) is 6.20 Å². The Hall–Kier alpha value is -3.40. The average molecular weight is 381 g/mol. The van der Waals surface area contributed by atoms with Crippen molar-refractivity contribution in [2.24, 2.45) is 0 Å². The molecule has 1 N–H and O–H groups in total. The van der Waals surface area contributed by atoms with Crippen LogP contribution in [0.3, 0.4) is 0 Å². The van der Waals surface area contributed by atoms with E-state index in [1.165, 1.54) is 30.0 Å². The van der Waals surface area contributed by atoms with Crippen molar-refractivity contribution in [3.05, 3.63) is 95.2 Å². The molecule has 2 aromatic carbocycles. The topological polar surface area (TPSA) is 46.9 Å². The summed E-state index contributed by atoms with van der Waals surface area (Å²) in [5.41, 5.74) is 4.45. The normalized spacial score (nSPS) is 17.2. The number of nitrogens with zero attached hydrogens (tertiary/aromatic N) is 2. The Morgan fingerprint density at radius 2 is 1.66 bits per heavy atom. The number of hydrogen-bond donors (Lipinski definition) is 1. The molecule has 0 amide bonds. The highest BCUT2D eigenvalue weighted by Crippen LogP contribution is 2.43. The van der Waals surface area contributed by atoms with Gasteiger partial charge in [-0.2, -0.15) is 5.10 Å². The Morgan fingerprint density at radius 1 is 1.00 bits per heavy atom. The Morgan fingerprint density at radius 3 is 2.24 bits per heavy atom. The van der Waals surface area contributed by atoms with Crippen molar-refractivity contribution >= 4 is 24.4 Å². The molecule has 1 heterocycles. The van der Waals surface area contributed by atoms with E-state index >= 15 is 0 Å². The van der Waals surface area contributed by atoms with Crippen LogP contribution in [0.1, 0.15) is 35.2 Å². The molecule has 5 rings (SSSR count). The van der Waals surface area contributed by atoms with Gasteiger partial charge in [0.1, 0.15) is 6.29 Å². The van der Waals surface area contributed by atoms with Crippen LogP contribution in [0.2, 0.25) is 0 Å². The van der Waals surface area contributed by atoms with Crippen LogP contribution in [-0.4, -0.2) is 22.1 Å². The second-order valence-electron chi connectivity index (χ2n) is 7.76. The van der Waals surface area contributed by atoms with Gasteiger partial charge in [-0.1, -0.05) is 72.8 Å². The van der Waals surface area contributed by atoms with E-state index < -0.39 is 0 Å². The molecule has 0 bridgehead atoms. The summed E-state index contributed by atoms with van der Waals surface area (Å²) >= 11 is 0. The molecule has 1 fully saturated rings. The molecule has 2 aliphatic rings. The summed E-state index contributed by atoms with van der Waals surface area (Å²) in [4.78, 5) is 11.0. The van der Waals surface area contributed by atoms with Crippen LogP contribution in [0.15, 0.2) is 72.8 Å². The summed E-state index contributed by atoms with van der Waals surface area (Å²) in [6, 6.07) is 21.7. The highest BCUT2D eigenvalue weighted by Gasteiger charge is 2.38. The van der Waals surface area contributed by atoms with Crippen molar-refractivity contribution < 1.29 is 4.79 Å². The van der Waals surface area contributed by atoms with Gasteiger partial charge >= 0.3 is 0 Å². The molecule has 0 aliphatic heterocycles. The van der Waals surface area contributed by atoms with Gasteiger partial charge in [0.25, 0.3) is 0 Å². The van der Waals surface area contributed by atoms with E-state index in [1.807, 2.05) is 4.68 Å². The minimum atomic E-state index is -0.279. The second-order valence-corrected chi connectivity index (χ2v) is 7.76. The van der Waals surface area contributed by atoms with Crippen molar-refractivity contribution in [2.75, 3.05) is 5.32 Å². The highest BCUT2D eigenvalue weighted by molar-refractivity contribution is 5.74. The van der Waals surface area contributed by atoms with Crippen LogP contribution in [0.25, 0.3) is 12.3 Å². The fourth-order valence-corrected chi connectivity index (χ4v) is 4.18. The van der Waals surface area contributed by atoms with Crippen LogP contribution in [-0.2, 0) is 16.6 Å². The molecule has 4 nitrogen and oxygen atoms in total. The Labute approximate surface area is 170 Å². The minimum Gasteiger partial charge on any atom is -0.365 e. The van der Waals surface area contributed by atoms with Gasteiger partial charge in [0.2, 0.25) is 0 Å². The lowest BCUT2D eigenvalue weighted by Gasteiger charge is -2.35. The van der Waals surface area contributed by atoms with Gasteiger partial charge in [-0.05, 0) is 30.0 Å². The van der Waals surface area contributed by atoms with Crippen molar-refractivity contribution in [1.29, 1.82) is 0 Å². The third-order valence-corrected chi connectivity index (χ3v) is 5.83. The number of carbonyl (C=O) groups excluding carboxylic acids is 1. The van der Waals surface area contributed by atoms with Crippen LogP contribution >= 0.6 is 0 Å². The van der Waals surface area contributed by atoms with Gasteiger partial charge in [0, 0.05) is 29.6 Å². The number of benzene rings is 2. The maximum Gasteiger partial charge on any atom is 0.156 e. The zero-order valence-corrected chi connectivity index (χ0v) is 16.2. The van der Waals surface area contributed by atoms with Gasteiger partial charge < -0.3 is 5.32 Å². The maximum atomic E-state index is 11.0. The summed E-state index contributed by atoms with van der Waals surface area (Å²) in [7, 11) is 0. The third-order valence-electron chi connectivity index (χ3n) is 5.83. The second kappa shape index (κ2) is 7.21. The Bertz CT molecular complexity index is 1040. The molecular weight excluding hydrogens is 358 g/mol. The molecule has 0 unspecified atom stereocenters. The van der Waals surface area contributed by atoms with E-state index in [-0.39, 0.29) is 5.41 Å². The zero-order valence-electron chi connectivity index (χ0n) is 16.2. The van der Waals surface area contributed by atoms with Gasteiger partial charge in [0.15, 0.2) is 5.82 Å². The predicted octanol–water partition coefficient (Wildman–Crippen LogP) is 4.68. The van der Waals surface area contributed by atoms with Gasteiger partial charge in [0.05, 0.1) is 5.69 Å². The standard InChI is InChI=1S/C25H23N3O/c29-17-7-16-28-23-18-25(19-8-3-1-4-9-19,20-10-5-2-6-11-20)15-14-22(23)24(27-28)26-21-12-13-21/h1-11,14-17,21H,12-13,18H2,(H,26,27). The van der Waals surface area contributed by atoms with Crippen LogP contribution < -0.4 is 5.32 Å². The summed E-state index contributed by atoms with van der Waals surface area (Å²) in [6.07, 6.45) is 11.7. The molecule has 3 aromatic rings. The van der Waals surface area contributed by atoms with E-state index in [0.29, 0.717) is 6.04 Å². The fraction of sp³-hybridized carbons (Fsp3) is 0.200. The van der Waals surface area contributed by atoms with Gasteiger partial charge in [-0.25, -0.2) is 4.68 Å². The summed E-state index contributed by atoms with van der Waals surface area (Å²) in [6.45, 7) is 0. The predicted molar refractivity (Wildman–Crippen MR) is 117 cm³/mol. The molecular formula is C25H23N3O. The number of nitrogens with one attached hydrogen (secondary N) is 1. The molecule has 2 aliphatic carbocycles. The number of hydrogen-bond acceptors (Lipinski definition) is 3. The lowest BCUT2D eigenvalue weighted by Crippen LogP contribution is -2.31. The molecule has 1 aromatic heterocycles. The lowest BCUT2D eigenvalue weighted by molar-refractivity contribution is -0.104. The number of rotatable bonds is 6. The summed E-state index contributed by atoms with van der Waals surface area (Å²) < 4.78 is 1.86. The molecule has 29 heavy (non-hydrogen) atoms. The first kappa shape index (κ1) is 17.7. The van der Waals surface area contributed by atoms with Gasteiger partial charge in [-0.3, -0.25) is 4.79 Å². The van der Waals surface area contributed by atoms with E-state index in [9.17, 15) is 4.79 Å². The van der Waals surface area contributed by atoms with Crippen LogP contribution in [0.4, 0.5) is 5.82 Å². The van der Waals surface area contributed by atoms with E-state index in [2.05, 4.69) is 78.1 Å². The smallest absolute Gasteiger partial charge is 0.156 e. The first-order valence-electron chi connectivity index (χ1n) is 10.1. The highest BCUT2D eigenvalue weighted by atomic mass is 16.1. The van der Waals surface area contributed by atoms with Crippen molar-refractivity contribution in [2.45, 2.75) is 30.7 Å². The molecule has 0 atom stereocenters. The molecule has 144 valence electrons. The summed E-state index contributed by atoms with van der Waals surface area (Å²) in [5, 5.41) is 8.31. The largest absolute Gasteiger partial charge is 0.365 e. The lowest BCUT2D eigenvalue weighted by atomic mass is 9.68. The van der Waals surface area contributed by atoms with Crippen molar-refractivity contribution in [3.63, 3.8) is 0 Å². The monoisotopic (exact) mass is 381 g/mol. The number of aromatic nitrogens is 2. The van der Waals surface area contributed by atoms with E-state index in [4.69, 9.17) is 5.10 Å². The van der Waals surface area contributed by atoms with Crippen molar-refractivity contribution in [1.82, 2.24) is 9.78 Å². The number of carbonyl (C=O) groups is 1. The number of fused-ring (bicyclic) bond motifs is 1. The van der Waals surface area contributed by atoms with Crippen LogP contribution in [0, 0.1) is 0 Å². The van der Waals surface area contributed by atoms with Crippen molar-refractivity contribution in [3.8, 4) is 0 Å². The quantitative estimate of drug-likeness (QED) is 0.498. The number of aldehydes is 1. The third kappa shape index (κ3) is 3.21. The first-order chi connectivity index (χ1) is 14.3. The number of allylic oxidation sites excluding steroid dienone is 2. The molecule has 4 heteroatoms. The van der Waals surface area contributed by atoms with Gasteiger partial charge in [-0.15, -0.1) is 0 Å². The Balaban J connectivity index is 1.67. The summed E-state index contributed by atoms with van der Waals surface area (Å²) in [5.74, 6) is 0.907. The zero-order chi connectivity index (χ0) is 19.7. The molecule has 0 spiro atoms. The molecule has 0 saturated heterocycles. The SMILES string of the molecule is O=CC=Cn1nc(NC2CC2)c2c1CC(c1ccccc1)(c1ccccc1)C=C2. The Kier molecular flexibility index (Phi) is 4.39. The maximum absolute atomic E-state index is 11.0. The average Bonchev–Trinajstić information content (AvgIpc) is 3.54. The van der Waals surface area contributed by atoms with E-state index in [0.717, 1.165) is 29.8 Å². The fourth-order valence-electron chi connectivity index (χ4n) is 4.18. The van der Waals surface area contributed by atoms with Crippen LogP contribution in [0.5, 0.6) is 0 Å². The molecule has 1 saturated carbocycles. The minimum absolute atomic E-state index is 0.279. The molecule has 0 radical (unpaired) electrons.